The number of hydrogen-bond donors (Lipinski definition) is 9. The molecule has 0 saturated carbocycles. The van der Waals surface area contributed by atoms with Gasteiger partial charge in [0.1, 0.15) is 18.1 Å². The fourth-order valence-corrected chi connectivity index (χ4v) is 3.17. The van der Waals surface area contributed by atoms with Crippen LogP contribution in [0.1, 0.15) is 39.3 Å². The Kier molecular flexibility index (Phi) is 12.3. The van der Waals surface area contributed by atoms with Gasteiger partial charge in [-0.15, -0.1) is 0 Å². The summed E-state index contributed by atoms with van der Waals surface area (Å²) in [7, 11) is 0. The van der Waals surface area contributed by atoms with Crippen LogP contribution in [0, 0.1) is 5.92 Å². The number of carbonyl (C=O) groups excluding carboxylic acids is 3. The largest absolute Gasteiger partial charge is 0.480 e. The summed E-state index contributed by atoms with van der Waals surface area (Å²) in [5.41, 5.74) is 16.8. The number of carboxylic acid groups (broad SMARTS) is 1. The molecular weight excluding hydrogens is 474 g/mol. The van der Waals surface area contributed by atoms with E-state index in [2.05, 4.69) is 30.9 Å². The number of carbonyl (C=O) groups is 4. The highest BCUT2D eigenvalue weighted by Crippen LogP contribution is 2.07. The molecule has 0 fully saturated rings. The third kappa shape index (κ3) is 10.3. The molecule has 0 spiro atoms. The lowest BCUT2D eigenvalue weighted by molar-refractivity contribution is -0.142. The van der Waals surface area contributed by atoms with Crippen molar-refractivity contribution in [2.24, 2.45) is 28.1 Å². The van der Waals surface area contributed by atoms with E-state index >= 15 is 0 Å². The molecule has 36 heavy (non-hydrogen) atoms. The number of nitrogens with one attached hydrogen (secondary N) is 4. The van der Waals surface area contributed by atoms with Gasteiger partial charge in [0.2, 0.25) is 17.7 Å². The van der Waals surface area contributed by atoms with Crippen LogP contribution in [0.2, 0.25) is 0 Å². The number of imidazole rings is 1. The normalized spacial score (nSPS) is 15.2. The Hall–Kier alpha value is -3.72. The summed E-state index contributed by atoms with van der Waals surface area (Å²) in [6.07, 6.45) is 2.09. The van der Waals surface area contributed by atoms with Gasteiger partial charge in [-0.05, 0) is 25.7 Å². The van der Waals surface area contributed by atoms with Crippen LogP contribution in [0.4, 0.5) is 0 Å². The van der Waals surface area contributed by atoms with Crippen molar-refractivity contribution in [3.63, 3.8) is 0 Å². The Bertz CT molecular complexity index is 900. The van der Waals surface area contributed by atoms with Gasteiger partial charge in [0.15, 0.2) is 5.96 Å². The summed E-state index contributed by atoms with van der Waals surface area (Å²) in [6.45, 7) is 4.87. The highest BCUT2D eigenvalue weighted by Gasteiger charge is 2.33. The molecule has 1 aromatic heterocycles. The number of carboxylic acids is 1. The lowest BCUT2D eigenvalue weighted by atomic mass is 10.0. The topological polar surface area (TPSA) is 264 Å². The Morgan fingerprint density at radius 1 is 1.06 bits per heavy atom. The molecule has 15 nitrogen and oxygen atoms in total. The summed E-state index contributed by atoms with van der Waals surface area (Å²) < 4.78 is 0. The molecule has 0 bridgehead atoms. The predicted octanol–water partition coefficient (Wildman–Crippen LogP) is -3.09. The fraction of sp³-hybridized carbons (Fsp3) is 0.619. The zero-order valence-corrected chi connectivity index (χ0v) is 20.6. The first-order chi connectivity index (χ1) is 16.8. The standard InChI is InChI=1S/C21H37N9O6/c1-10(2)15(18(33)28-14(20(35)36)7-12-8-25-9-27-12)29-19(34)16(11(3)31)30-17(32)13(22)5-4-6-26-21(23)24/h8-11,13-16,31H,4-7,22H2,1-3H3,(H,25,27)(H,28,33)(H,29,34)(H,30,32)(H,35,36)(H4,23,24,26). The van der Waals surface area contributed by atoms with Crippen LogP contribution in [-0.2, 0) is 25.6 Å². The molecule has 0 aromatic carbocycles. The summed E-state index contributed by atoms with van der Waals surface area (Å²) in [6, 6.07) is -4.82. The molecule has 1 rings (SSSR count). The Morgan fingerprint density at radius 2 is 1.67 bits per heavy atom. The number of aliphatic carboxylic acids is 1. The number of H-pyrrole nitrogens is 1. The van der Waals surface area contributed by atoms with E-state index in [1.807, 2.05) is 0 Å². The second kappa shape index (κ2) is 14.6. The number of aliphatic hydroxyl groups is 1. The summed E-state index contributed by atoms with van der Waals surface area (Å²) in [4.78, 5) is 60.2. The lowest BCUT2D eigenvalue weighted by Gasteiger charge is -2.28. The third-order valence-electron chi connectivity index (χ3n) is 5.21. The van der Waals surface area contributed by atoms with E-state index in [4.69, 9.17) is 17.2 Å². The SMILES string of the molecule is CC(C)C(NC(=O)C(NC(=O)C(N)CCCN=C(N)N)C(C)O)C(=O)NC(Cc1cnc[nH]1)C(=O)O. The van der Waals surface area contributed by atoms with Gasteiger partial charge in [-0.1, -0.05) is 13.8 Å². The van der Waals surface area contributed by atoms with Crippen molar-refractivity contribution in [2.45, 2.75) is 70.3 Å². The summed E-state index contributed by atoms with van der Waals surface area (Å²) >= 11 is 0. The minimum atomic E-state index is -1.41. The second-order valence-electron chi connectivity index (χ2n) is 8.69. The molecule has 0 radical (unpaired) electrons. The van der Waals surface area contributed by atoms with Crippen molar-refractivity contribution in [1.29, 1.82) is 0 Å². The maximum Gasteiger partial charge on any atom is 0.326 e. The van der Waals surface area contributed by atoms with E-state index in [1.165, 1.54) is 19.4 Å². The van der Waals surface area contributed by atoms with E-state index < -0.39 is 59.9 Å². The van der Waals surface area contributed by atoms with Gasteiger partial charge < -0.3 is 48.3 Å². The smallest absolute Gasteiger partial charge is 0.326 e. The molecule has 1 heterocycles. The fourth-order valence-electron chi connectivity index (χ4n) is 3.17. The summed E-state index contributed by atoms with van der Waals surface area (Å²) in [5.74, 6) is -4.05. The number of rotatable bonds is 15. The third-order valence-corrected chi connectivity index (χ3v) is 5.21. The average Bonchev–Trinajstić information content (AvgIpc) is 3.30. The Labute approximate surface area is 208 Å². The van der Waals surface area contributed by atoms with Crippen molar-refractivity contribution in [3.8, 4) is 0 Å². The molecule has 202 valence electrons. The van der Waals surface area contributed by atoms with Crippen LogP contribution in [0.15, 0.2) is 17.5 Å². The summed E-state index contributed by atoms with van der Waals surface area (Å²) in [5, 5.41) is 26.9. The van der Waals surface area contributed by atoms with Crippen molar-refractivity contribution >= 4 is 29.7 Å². The second-order valence-corrected chi connectivity index (χ2v) is 8.69. The van der Waals surface area contributed by atoms with Crippen molar-refractivity contribution in [3.05, 3.63) is 18.2 Å². The predicted molar refractivity (Wildman–Crippen MR) is 130 cm³/mol. The molecule has 5 atom stereocenters. The van der Waals surface area contributed by atoms with E-state index in [-0.39, 0.29) is 25.3 Å². The number of nitrogens with zero attached hydrogens (tertiary/aromatic N) is 2. The molecule has 0 aliphatic heterocycles. The van der Waals surface area contributed by atoms with Crippen LogP contribution in [0.5, 0.6) is 0 Å². The highest BCUT2D eigenvalue weighted by atomic mass is 16.4. The number of aliphatic hydroxyl groups excluding tert-OH is 1. The zero-order valence-electron chi connectivity index (χ0n) is 20.6. The molecular formula is C21H37N9O6. The van der Waals surface area contributed by atoms with Gasteiger partial charge >= 0.3 is 5.97 Å². The zero-order chi connectivity index (χ0) is 27.4. The number of hydrogen-bond acceptors (Lipinski definition) is 8. The first-order valence-corrected chi connectivity index (χ1v) is 11.4. The van der Waals surface area contributed by atoms with Crippen molar-refractivity contribution in [1.82, 2.24) is 25.9 Å². The van der Waals surface area contributed by atoms with Crippen LogP contribution in [0.3, 0.4) is 0 Å². The molecule has 15 heteroatoms. The number of guanidine groups is 1. The van der Waals surface area contributed by atoms with Gasteiger partial charge in [0.25, 0.3) is 0 Å². The minimum Gasteiger partial charge on any atom is -0.480 e. The van der Waals surface area contributed by atoms with Crippen molar-refractivity contribution < 1.29 is 29.4 Å². The molecule has 0 aliphatic rings. The van der Waals surface area contributed by atoms with Crippen LogP contribution >= 0.6 is 0 Å². The average molecular weight is 512 g/mol. The number of aromatic nitrogens is 2. The molecule has 5 unspecified atom stereocenters. The van der Waals surface area contributed by atoms with Gasteiger partial charge in [-0.25, -0.2) is 9.78 Å². The molecule has 3 amide bonds. The quantitative estimate of drug-likeness (QED) is 0.0650. The Morgan fingerprint density at radius 3 is 2.17 bits per heavy atom. The maximum absolute atomic E-state index is 12.9. The maximum atomic E-state index is 12.9. The number of aromatic amines is 1. The molecule has 1 aromatic rings. The number of nitrogens with two attached hydrogens (primary N) is 3. The van der Waals surface area contributed by atoms with E-state index in [1.54, 1.807) is 13.8 Å². The first-order valence-electron chi connectivity index (χ1n) is 11.4. The van der Waals surface area contributed by atoms with E-state index in [0.717, 1.165) is 0 Å². The van der Waals surface area contributed by atoms with E-state index in [9.17, 15) is 29.4 Å². The minimum absolute atomic E-state index is 0.0483. The van der Waals surface area contributed by atoms with Gasteiger partial charge in [-0.2, -0.15) is 0 Å². The van der Waals surface area contributed by atoms with Crippen LogP contribution < -0.4 is 33.2 Å². The lowest BCUT2D eigenvalue weighted by Crippen LogP contribution is -2.60. The molecule has 0 saturated heterocycles. The van der Waals surface area contributed by atoms with E-state index in [0.29, 0.717) is 12.1 Å². The number of aliphatic imine (C=N–C) groups is 1. The van der Waals surface area contributed by atoms with Crippen molar-refractivity contribution in [2.75, 3.05) is 6.54 Å². The Balaban J connectivity index is 2.82. The monoisotopic (exact) mass is 511 g/mol. The molecule has 0 aliphatic carbocycles. The van der Waals surface area contributed by atoms with Crippen LogP contribution in [0.25, 0.3) is 0 Å². The van der Waals surface area contributed by atoms with Crippen LogP contribution in [-0.4, -0.2) is 86.6 Å². The van der Waals surface area contributed by atoms with Gasteiger partial charge in [0, 0.05) is 24.9 Å². The van der Waals surface area contributed by atoms with Gasteiger partial charge in [-0.3, -0.25) is 19.4 Å². The number of amides is 3. The molecule has 12 N–H and O–H groups in total. The highest BCUT2D eigenvalue weighted by molar-refractivity contribution is 5.94. The first kappa shape index (κ1) is 30.3. The van der Waals surface area contributed by atoms with Gasteiger partial charge in [0.05, 0.1) is 18.5 Å².